The number of esters is 2. The molecule has 1 aliphatic rings. The van der Waals surface area contributed by atoms with Gasteiger partial charge in [0.15, 0.2) is 0 Å². The second-order valence-corrected chi connectivity index (χ2v) is 5.34. The molecule has 0 radical (unpaired) electrons. The zero-order valence-corrected chi connectivity index (χ0v) is 15.0. The third kappa shape index (κ3) is 4.73. The van der Waals surface area contributed by atoms with Gasteiger partial charge in [-0.1, -0.05) is 29.7 Å². The van der Waals surface area contributed by atoms with Crippen molar-refractivity contribution in [3.63, 3.8) is 0 Å². The maximum absolute atomic E-state index is 13.7. The molecule has 3 N–H and O–H groups in total. The third-order valence-corrected chi connectivity index (χ3v) is 3.68. The summed E-state index contributed by atoms with van der Waals surface area (Å²) in [5.74, 6) is -7.46. The predicted octanol–water partition coefficient (Wildman–Crippen LogP) is 2.27. The molecule has 0 amide bonds. The lowest BCUT2D eigenvalue weighted by Crippen LogP contribution is -2.35. The first-order valence-corrected chi connectivity index (χ1v) is 7.68. The van der Waals surface area contributed by atoms with Crippen LogP contribution in [0.4, 0.5) is 0 Å². The van der Waals surface area contributed by atoms with Gasteiger partial charge >= 0.3 is 11.9 Å². The fourth-order valence-electron chi connectivity index (χ4n) is 2.42. The number of carbonyl (C=O) groups excluding carboxylic acids is 2. The number of allylic oxidation sites excluding steroid dienone is 1. The molecule has 0 fully saturated rings. The average molecular weight is 426 g/mol. The molecule has 1 unspecified atom stereocenters. The molecule has 0 aromatic heterocycles. The maximum Gasteiger partial charge on any atom is 0.336 e. The first-order chi connectivity index (χ1) is 19.9. The topological polar surface area (TPSA) is 99.9 Å². The number of methoxy groups -OCH3 is 1. The number of nitrogens with two attached hydrogens (primary N) is 1. The van der Waals surface area contributed by atoms with Crippen molar-refractivity contribution < 1.29 is 47.1 Å². The van der Waals surface area contributed by atoms with Crippen LogP contribution in [0.1, 0.15) is 48.5 Å². The normalized spacial score (nSPS) is 30.6. The van der Waals surface area contributed by atoms with Crippen LogP contribution >= 0.6 is 11.6 Å². The Morgan fingerprint density at radius 3 is 2.89 bits per heavy atom. The van der Waals surface area contributed by atoms with Crippen LogP contribution in [-0.4, -0.2) is 45.2 Å². The largest absolute Gasteiger partial charge is 0.466 e. The number of benzene rings is 1. The third-order valence-electron chi connectivity index (χ3n) is 3.40. The van der Waals surface area contributed by atoms with Gasteiger partial charge in [-0.05, 0) is 25.4 Å². The molecule has 1 aromatic carbocycles. The molecule has 0 aliphatic carbocycles. The van der Waals surface area contributed by atoms with E-state index in [2.05, 4.69) is 14.8 Å². The minimum absolute atomic E-state index is 0.576. The summed E-state index contributed by atoms with van der Waals surface area (Å²) in [6.45, 7) is -14.4. The van der Waals surface area contributed by atoms with Gasteiger partial charge < -0.3 is 25.3 Å². The van der Waals surface area contributed by atoms with E-state index in [0.717, 1.165) is 6.92 Å². The van der Waals surface area contributed by atoms with Gasteiger partial charge in [0.2, 0.25) is 0 Å². The lowest BCUT2D eigenvalue weighted by Gasteiger charge is -2.31. The number of dihydropyridines is 1. The van der Waals surface area contributed by atoms with Crippen LogP contribution in [0.2, 0.25) is 5.02 Å². The van der Waals surface area contributed by atoms with Gasteiger partial charge in [-0.15, -0.1) is 0 Å². The predicted molar refractivity (Wildman–Crippen MR) is 106 cm³/mol. The van der Waals surface area contributed by atoms with Crippen molar-refractivity contribution in [1.29, 1.82) is 0 Å². The van der Waals surface area contributed by atoms with E-state index in [4.69, 9.17) is 44.0 Å². The molecule has 0 saturated heterocycles. The van der Waals surface area contributed by atoms with Gasteiger partial charge in [-0.25, -0.2) is 9.59 Å². The highest BCUT2D eigenvalue weighted by Crippen LogP contribution is 2.41. The highest BCUT2D eigenvalue weighted by molar-refractivity contribution is 6.31. The van der Waals surface area contributed by atoms with Gasteiger partial charge in [-0.2, -0.15) is 0 Å². The number of hydrogen-bond acceptors (Lipinski definition) is 7. The summed E-state index contributed by atoms with van der Waals surface area (Å²) < 4.78 is 146. The highest BCUT2D eigenvalue weighted by Gasteiger charge is 2.39. The number of ether oxygens (including phenoxy) is 3. The fourth-order valence-corrected chi connectivity index (χ4v) is 2.61. The summed E-state index contributed by atoms with van der Waals surface area (Å²) in [5.41, 5.74) is 0.0120. The minimum atomic E-state index is -3.83. The molecule has 0 spiro atoms. The van der Waals surface area contributed by atoms with E-state index in [9.17, 15) is 11.0 Å². The molecule has 1 aliphatic heterocycles. The Morgan fingerprint density at radius 2 is 2.18 bits per heavy atom. The van der Waals surface area contributed by atoms with E-state index < -0.39 is 115 Å². The fraction of sp³-hybridized carbons (Fsp3) is 0.400. The first kappa shape index (κ1) is 8.18. The summed E-state index contributed by atoms with van der Waals surface area (Å²) in [4.78, 5) is 27.0. The van der Waals surface area contributed by atoms with E-state index in [1.807, 2.05) is 0 Å². The quantitative estimate of drug-likeness (QED) is 0.616. The highest BCUT2D eigenvalue weighted by atomic mass is 35.5. The standard InChI is InChI=1S/C20H25ClN2O5/c1-4-28-20(25)18-15(11-27-10-9-22)23-12(2)16(19(24)26-3)17(18)13-7-5-6-8-14(13)21/h5-8,17,23H,4,9-11,22H2,1-3H3/i1D3,3D3,4D2,5D,6D,7D,8D,9D2,10D2,17D. The van der Waals surface area contributed by atoms with Crippen molar-refractivity contribution in [2.24, 2.45) is 5.73 Å². The molecule has 0 saturated carbocycles. The Bertz CT molecular complexity index is 1440. The zero-order valence-electron chi connectivity index (χ0n) is 31.2. The second kappa shape index (κ2) is 10.3. The Morgan fingerprint density at radius 1 is 1.39 bits per heavy atom. The van der Waals surface area contributed by atoms with Gasteiger partial charge in [0.25, 0.3) is 0 Å². The summed E-state index contributed by atoms with van der Waals surface area (Å²) in [7, 11) is -3.50. The summed E-state index contributed by atoms with van der Waals surface area (Å²) in [6, 6.07) is -4.23. The van der Waals surface area contributed by atoms with Crippen LogP contribution in [0.25, 0.3) is 0 Å². The molecule has 7 nitrogen and oxygen atoms in total. The molecule has 152 valence electrons. The first-order valence-electron chi connectivity index (χ1n) is 15.8. The van der Waals surface area contributed by atoms with Gasteiger partial charge in [0.05, 0.1) is 64.6 Å². The molecular formula is C20H25ClN2O5. The Balaban J connectivity index is 3.15. The second-order valence-electron chi connectivity index (χ2n) is 4.96. The van der Waals surface area contributed by atoms with Crippen LogP contribution < -0.4 is 11.1 Å². The number of carbonyl (C=O) groups is 2. The van der Waals surface area contributed by atoms with Crippen molar-refractivity contribution in [3.8, 4) is 0 Å². The minimum Gasteiger partial charge on any atom is -0.466 e. The van der Waals surface area contributed by atoms with Crippen molar-refractivity contribution in [1.82, 2.24) is 5.32 Å². The number of hydrogen-bond donors (Lipinski definition) is 2. The van der Waals surface area contributed by atoms with Crippen molar-refractivity contribution in [2.75, 3.05) is 33.3 Å². The number of nitrogens with one attached hydrogen (secondary N) is 1. The lowest BCUT2D eigenvalue weighted by atomic mass is 9.80. The zero-order chi connectivity index (χ0) is 35.5. The summed E-state index contributed by atoms with van der Waals surface area (Å²) >= 11 is 6.25. The Labute approximate surface area is 193 Å². The van der Waals surface area contributed by atoms with E-state index >= 15 is 0 Å². The molecule has 0 bridgehead atoms. The van der Waals surface area contributed by atoms with Gasteiger partial charge in [0, 0.05) is 25.4 Å². The SMILES string of the molecule is [2H]c1c([2H])c([2H])c(C2([2H])C(C(=O)OC([2H])([2H])[2H])=C(C)NC(COC([2H])([2H])C([2H])([2H])N)=C2C(=O)OC([2H])([2H])C([2H])([2H])[2H])c(Cl)c1[2H]. The summed E-state index contributed by atoms with van der Waals surface area (Å²) in [6.07, 6.45) is 0. The smallest absolute Gasteiger partial charge is 0.336 e. The van der Waals surface area contributed by atoms with Gasteiger partial charge in [-0.3, -0.25) is 0 Å². The number of halogens is 1. The lowest BCUT2D eigenvalue weighted by molar-refractivity contribution is -0.139. The molecule has 8 heteroatoms. The number of rotatable bonds is 8. The summed E-state index contributed by atoms with van der Waals surface area (Å²) in [5, 5.41) is 1.31. The van der Waals surface area contributed by atoms with Crippen LogP contribution in [0, 0.1) is 0 Å². The Hall–Kier alpha value is -2.35. The molecule has 1 heterocycles. The van der Waals surface area contributed by atoms with Crippen LogP contribution in [0.5, 0.6) is 0 Å². The maximum atomic E-state index is 13.7. The van der Waals surface area contributed by atoms with Crippen molar-refractivity contribution >= 4 is 23.5 Å². The van der Waals surface area contributed by atoms with Crippen LogP contribution in [0.3, 0.4) is 0 Å². The molecule has 1 atom stereocenters. The molecule has 1 aromatic rings. The Kier molecular flexibility index (Phi) is 3.00. The van der Waals surface area contributed by atoms with Crippen molar-refractivity contribution in [3.05, 3.63) is 57.3 Å². The van der Waals surface area contributed by atoms with Crippen LogP contribution in [0.15, 0.2) is 46.7 Å². The van der Waals surface area contributed by atoms with Crippen LogP contribution in [-0.2, 0) is 23.8 Å². The van der Waals surface area contributed by atoms with E-state index in [1.54, 1.807) is 0 Å². The van der Waals surface area contributed by atoms with Gasteiger partial charge in [0.1, 0.15) is 0 Å². The monoisotopic (exact) mass is 425 g/mol. The molecule has 28 heavy (non-hydrogen) atoms. The molecule has 2 rings (SSSR count). The van der Waals surface area contributed by atoms with E-state index in [-0.39, 0.29) is 0 Å². The molecular weight excluding hydrogens is 384 g/mol. The van der Waals surface area contributed by atoms with E-state index in [1.165, 1.54) is 0 Å². The van der Waals surface area contributed by atoms with E-state index in [0.29, 0.717) is 0 Å². The average Bonchev–Trinajstić information content (AvgIpc) is 2.81. The van der Waals surface area contributed by atoms with Crippen molar-refractivity contribution in [2.45, 2.75) is 19.7 Å².